The Labute approximate surface area is 583 Å². The topological polar surface area (TPSA) is 307 Å². The maximum absolute atomic E-state index is 13.0. The minimum Gasteiger partial charge on any atom is -0.507 e. The van der Waals surface area contributed by atoms with Crippen molar-refractivity contribution in [1.29, 1.82) is 0 Å². The average molecular weight is 1380 g/mol. The van der Waals surface area contributed by atoms with Crippen molar-refractivity contribution in [3.8, 4) is 34.5 Å². The zero-order valence-corrected chi connectivity index (χ0v) is 61.6. The highest BCUT2D eigenvalue weighted by Crippen LogP contribution is 2.40. The summed E-state index contributed by atoms with van der Waals surface area (Å²) in [7, 11) is 11.1. The SMILES string of the molecule is CCC(C)c1cc(CCO)c(O)c(COC)c1.CCc1cc(CCO)c(O)c(COC)c1.COCc1c(C)c(C)cc(CCO)c1O.COCc1cc(C(C)(C)CC(C)(C)C)cc(CCO)c1O.COCc1cc(CCO)c(O)c(COC)c1.COCc1cc(F)cc(CCO)c1O. The van der Waals surface area contributed by atoms with Crippen LogP contribution < -0.4 is 0 Å². The smallest absolute Gasteiger partial charge is 0.124 e. The zero-order valence-electron chi connectivity index (χ0n) is 61.6. The van der Waals surface area contributed by atoms with Crippen LogP contribution in [0.15, 0.2) is 66.7 Å². The van der Waals surface area contributed by atoms with E-state index in [4.69, 9.17) is 58.7 Å². The fourth-order valence-electron chi connectivity index (χ4n) is 11.3. The van der Waals surface area contributed by atoms with Crippen molar-refractivity contribution in [2.75, 3.05) is 89.4 Å². The van der Waals surface area contributed by atoms with Crippen molar-refractivity contribution >= 4 is 0 Å². The Kier molecular flexibility index (Phi) is 43.4. The number of phenolic OH excluding ortho intramolecular Hbond substituents is 6. The highest BCUT2D eigenvalue weighted by molar-refractivity contribution is 5.50. The molecule has 0 spiro atoms. The third-order valence-corrected chi connectivity index (χ3v) is 16.2. The molecule has 552 valence electrons. The number of methoxy groups -OCH3 is 7. The number of aryl methyl sites for hydroxylation is 2. The summed E-state index contributed by atoms with van der Waals surface area (Å²) in [5.41, 5.74) is 15.5. The molecule has 0 aliphatic heterocycles. The molecule has 20 heteroatoms. The monoisotopic (exact) mass is 1380 g/mol. The molecule has 0 aromatic heterocycles. The second-order valence-electron chi connectivity index (χ2n) is 25.9. The van der Waals surface area contributed by atoms with Crippen LogP contribution in [-0.4, -0.2) is 151 Å². The normalized spacial score (nSPS) is 11.4. The van der Waals surface area contributed by atoms with Gasteiger partial charge in [-0.3, -0.25) is 0 Å². The van der Waals surface area contributed by atoms with Crippen LogP contribution in [0.25, 0.3) is 0 Å². The van der Waals surface area contributed by atoms with E-state index in [-0.39, 0.29) is 98.0 Å². The number of phenols is 6. The second kappa shape index (κ2) is 47.6. The Morgan fingerprint density at radius 3 is 1.05 bits per heavy atom. The molecule has 6 aromatic rings. The van der Waals surface area contributed by atoms with Gasteiger partial charge in [0.15, 0.2) is 0 Å². The van der Waals surface area contributed by atoms with Crippen LogP contribution in [0.5, 0.6) is 34.5 Å². The lowest BCUT2D eigenvalue weighted by Crippen LogP contribution is -2.25. The summed E-state index contributed by atoms with van der Waals surface area (Å²) in [5.74, 6) is 1.24. The number of halogens is 1. The number of ether oxygens (including phenoxy) is 7. The molecule has 0 amide bonds. The molecule has 6 aromatic carbocycles. The molecule has 0 fully saturated rings. The lowest BCUT2D eigenvalue weighted by molar-refractivity contribution is 0.177. The van der Waals surface area contributed by atoms with E-state index in [9.17, 15) is 40.1 Å². The molecule has 0 aliphatic carbocycles. The summed E-state index contributed by atoms with van der Waals surface area (Å²) in [6.45, 7) is 24.1. The summed E-state index contributed by atoms with van der Waals surface area (Å²) < 4.78 is 48.2. The van der Waals surface area contributed by atoms with Crippen LogP contribution in [0.4, 0.5) is 4.39 Å². The molecule has 1 unspecified atom stereocenters. The number of aliphatic hydroxyl groups is 6. The fraction of sp³-hybridized carbons (Fsp3) is 0.538. The van der Waals surface area contributed by atoms with Crippen molar-refractivity contribution in [2.24, 2.45) is 5.41 Å². The highest BCUT2D eigenvalue weighted by Gasteiger charge is 2.29. The van der Waals surface area contributed by atoms with Gasteiger partial charge in [0.25, 0.3) is 0 Å². The third kappa shape index (κ3) is 30.2. The van der Waals surface area contributed by atoms with Crippen molar-refractivity contribution in [1.82, 2.24) is 0 Å². The third-order valence-electron chi connectivity index (χ3n) is 16.2. The van der Waals surface area contributed by atoms with E-state index < -0.39 is 5.82 Å². The molecule has 0 radical (unpaired) electrons. The van der Waals surface area contributed by atoms with Crippen molar-refractivity contribution in [3.05, 3.63) is 173 Å². The lowest BCUT2D eigenvalue weighted by atomic mass is 9.71. The van der Waals surface area contributed by atoms with Crippen molar-refractivity contribution in [3.63, 3.8) is 0 Å². The number of rotatable bonds is 31. The molecule has 98 heavy (non-hydrogen) atoms. The largest absolute Gasteiger partial charge is 0.507 e. The molecule has 0 saturated heterocycles. The molecule has 19 nitrogen and oxygen atoms in total. The number of hydrogen-bond acceptors (Lipinski definition) is 19. The molecule has 1 atom stereocenters. The first-order chi connectivity index (χ1) is 46.5. The van der Waals surface area contributed by atoms with Gasteiger partial charge in [-0.2, -0.15) is 0 Å². The molecular weight excluding hydrogens is 1260 g/mol. The van der Waals surface area contributed by atoms with Gasteiger partial charge in [0.2, 0.25) is 0 Å². The van der Waals surface area contributed by atoms with Crippen molar-refractivity contribution < 1.29 is 98.8 Å². The molecule has 12 N–H and O–H groups in total. The van der Waals surface area contributed by atoms with E-state index in [1.165, 1.54) is 30.4 Å². The predicted octanol–water partition coefficient (Wildman–Crippen LogP) is 12.1. The first-order valence-corrected chi connectivity index (χ1v) is 33.3. The van der Waals surface area contributed by atoms with Gasteiger partial charge >= 0.3 is 0 Å². The molecule has 0 saturated carbocycles. The quantitative estimate of drug-likeness (QED) is 0.0192. The zero-order chi connectivity index (χ0) is 74.3. The Morgan fingerprint density at radius 2 is 0.673 bits per heavy atom. The minimum absolute atomic E-state index is 0.00134. The van der Waals surface area contributed by atoms with Crippen LogP contribution in [0.3, 0.4) is 0 Å². The van der Waals surface area contributed by atoms with Gasteiger partial charge in [0, 0.05) is 123 Å². The maximum Gasteiger partial charge on any atom is 0.124 e. The summed E-state index contributed by atoms with van der Waals surface area (Å²) >= 11 is 0. The fourth-order valence-corrected chi connectivity index (χ4v) is 11.3. The molecular formula is C78H119FO19. The number of hydrogen-bond donors (Lipinski definition) is 12. The van der Waals surface area contributed by atoms with Crippen LogP contribution in [0.1, 0.15) is 174 Å². The lowest BCUT2D eigenvalue weighted by Gasteiger charge is -2.33. The van der Waals surface area contributed by atoms with E-state index in [0.717, 1.165) is 97.2 Å². The van der Waals surface area contributed by atoms with E-state index in [0.29, 0.717) is 88.8 Å². The second-order valence-corrected chi connectivity index (χ2v) is 25.9. The standard InChI is InChI=1S/C18H30O3.C14H22O3.C12H18O4.2C12H18O3.C10H13FO3/c1-17(2,3)12-18(4,5)15-9-13(7-8-19)16(20)14(10-15)11-21-6;1-4-10(2)12-7-11(5-6-15)14(16)13(8-12)9-17-3;1-15-7-9-5-10(3-4-13)12(14)11(6-9)8-16-2;1-8-6-10(4-5-13)12(14)11(7-15-3)9(8)2;1-3-9-6-10(4-5-13)12(14)11(7-9)8-15-2;1-14-6-8-5-9(11)4-7(2-3-12)10(8)13/h9-10,19-20H,7-8,11-12H2,1-6H3;7-8,10,15-16H,4-6,9H2,1-3H3;5-6,13-14H,3-4,7-8H2,1-2H3;6,13-14H,4-5,7H2,1-3H3;6-7,13-14H,3-5,8H2,1-2H3;4-5,12-13H,2-3,6H2,1H3. The Morgan fingerprint density at radius 1 is 0.378 bits per heavy atom. The van der Waals surface area contributed by atoms with Gasteiger partial charge in [-0.15, -0.1) is 0 Å². The van der Waals surface area contributed by atoms with E-state index >= 15 is 0 Å². The summed E-state index contributed by atoms with van der Waals surface area (Å²) in [6, 6.07) is 20.0. The highest BCUT2D eigenvalue weighted by atomic mass is 19.1. The number of aliphatic hydroxyl groups excluding tert-OH is 6. The Bertz CT molecular complexity index is 3110. The Balaban J connectivity index is 0.000000591. The molecule has 0 aliphatic rings. The van der Waals surface area contributed by atoms with Crippen LogP contribution in [0, 0.1) is 25.1 Å². The molecule has 0 bridgehead atoms. The van der Waals surface area contributed by atoms with Gasteiger partial charge in [-0.25, -0.2) is 4.39 Å². The maximum atomic E-state index is 13.0. The van der Waals surface area contributed by atoms with Gasteiger partial charge in [0.1, 0.15) is 40.3 Å². The van der Waals surface area contributed by atoms with Gasteiger partial charge < -0.3 is 94.4 Å². The Hall–Kier alpha value is -6.47. The molecule has 6 rings (SSSR count). The first kappa shape index (κ1) is 89.5. The first-order valence-electron chi connectivity index (χ1n) is 33.3. The van der Waals surface area contributed by atoms with Crippen LogP contribution in [-0.2, 0) is 130 Å². The minimum atomic E-state index is -0.432. The van der Waals surface area contributed by atoms with Gasteiger partial charge in [-0.1, -0.05) is 79.7 Å². The number of aromatic hydroxyl groups is 6. The van der Waals surface area contributed by atoms with Crippen LogP contribution in [0.2, 0.25) is 0 Å². The van der Waals surface area contributed by atoms with Crippen molar-refractivity contribution in [2.45, 2.75) is 185 Å². The summed E-state index contributed by atoms with van der Waals surface area (Å²) in [5, 5.41) is 113. The van der Waals surface area contributed by atoms with E-state index in [1.54, 1.807) is 42.7 Å². The van der Waals surface area contributed by atoms with Crippen LogP contribution >= 0.6 is 0 Å². The predicted molar refractivity (Wildman–Crippen MR) is 383 cm³/mol. The van der Waals surface area contributed by atoms with Gasteiger partial charge in [0.05, 0.1) is 46.2 Å². The molecule has 0 heterocycles. The summed E-state index contributed by atoms with van der Waals surface area (Å²) in [6.07, 6.45) is 5.57. The van der Waals surface area contributed by atoms with Gasteiger partial charge in [-0.05, 0) is 198 Å². The van der Waals surface area contributed by atoms with E-state index in [1.807, 2.05) is 68.4 Å². The summed E-state index contributed by atoms with van der Waals surface area (Å²) in [4.78, 5) is 0. The van der Waals surface area contributed by atoms with E-state index in [2.05, 4.69) is 55.4 Å². The number of benzene rings is 6. The average Bonchev–Trinajstić information content (AvgIpc) is 0.780.